The molecular weight excluding hydrogens is 380 g/mol. The van der Waals surface area contributed by atoms with E-state index in [4.69, 9.17) is 0 Å². The highest BCUT2D eigenvalue weighted by atomic mass is 32.1. The van der Waals surface area contributed by atoms with Crippen LogP contribution in [0.1, 0.15) is 35.0 Å². The Morgan fingerprint density at radius 3 is 2.32 bits per heavy atom. The summed E-state index contributed by atoms with van der Waals surface area (Å²) in [4.78, 5) is 18.0. The molecule has 0 unspecified atom stereocenters. The first kappa shape index (κ1) is 19.5. The number of unbranched alkanes of at least 4 members (excludes halogenated alkanes) is 1. The molecule has 8 heteroatoms. The van der Waals surface area contributed by atoms with E-state index in [1.54, 1.807) is 24.3 Å². The SMILES string of the molecule is CCCCc1sc(NC(=O)c2cc(O)c(O)c(O)c2)nc1-c1ccc(O)cc1. The Hall–Kier alpha value is -3.26. The number of nitrogens with zero attached hydrogens (tertiary/aromatic N) is 1. The Labute approximate surface area is 165 Å². The fraction of sp³-hybridized carbons (Fsp3) is 0.200. The topological polar surface area (TPSA) is 123 Å². The summed E-state index contributed by atoms with van der Waals surface area (Å²) in [6, 6.07) is 8.83. The molecule has 0 spiro atoms. The van der Waals surface area contributed by atoms with Crippen molar-refractivity contribution in [3.05, 3.63) is 46.8 Å². The standard InChI is InChI=1S/C20H20N2O5S/c1-2-3-4-16-17(11-5-7-13(23)8-6-11)21-20(28-16)22-19(27)12-9-14(24)18(26)15(25)10-12/h5-10,23-26H,2-4H2,1H3,(H,21,22,27). The largest absolute Gasteiger partial charge is 0.508 e. The fourth-order valence-electron chi connectivity index (χ4n) is 2.66. The molecule has 0 radical (unpaired) electrons. The second-order valence-electron chi connectivity index (χ2n) is 6.26. The number of phenols is 4. The van der Waals surface area contributed by atoms with Gasteiger partial charge in [0.25, 0.3) is 5.91 Å². The quantitative estimate of drug-likeness (QED) is 0.395. The van der Waals surface area contributed by atoms with Crippen LogP contribution in [0.3, 0.4) is 0 Å². The van der Waals surface area contributed by atoms with Crippen LogP contribution in [0.4, 0.5) is 5.13 Å². The number of amides is 1. The van der Waals surface area contributed by atoms with Crippen LogP contribution in [0.5, 0.6) is 23.0 Å². The van der Waals surface area contributed by atoms with Gasteiger partial charge in [0, 0.05) is 16.0 Å². The Kier molecular flexibility index (Phi) is 5.70. The molecule has 7 nitrogen and oxygen atoms in total. The number of hydrogen-bond donors (Lipinski definition) is 5. The predicted molar refractivity (Wildman–Crippen MR) is 107 cm³/mol. The van der Waals surface area contributed by atoms with Crippen molar-refractivity contribution < 1.29 is 25.2 Å². The van der Waals surface area contributed by atoms with E-state index in [1.165, 1.54) is 11.3 Å². The zero-order valence-corrected chi connectivity index (χ0v) is 16.0. The van der Waals surface area contributed by atoms with E-state index < -0.39 is 23.2 Å². The summed E-state index contributed by atoms with van der Waals surface area (Å²) in [6.07, 6.45) is 2.79. The van der Waals surface area contributed by atoms with Crippen molar-refractivity contribution in [1.29, 1.82) is 0 Å². The summed E-state index contributed by atoms with van der Waals surface area (Å²) in [7, 11) is 0. The van der Waals surface area contributed by atoms with Crippen LogP contribution in [0.2, 0.25) is 0 Å². The third-order valence-corrected chi connectivity index (χ3v) is 5.18. The van der Waals surface area contributed by atoms with Crippen LogP contribution in [0, 0.1) is 0 Å². The van der Waals surface area contributed by atoms with Crippen LogP contribution in [0.25, 0.3) is 11.3 Å². The van der Waals surface area contributed by atoms with Crippen molar-refractivity contribution in [3.8, 4) is 34.3 Å². The molecule has 0 aliphatic carbocycles. The number of aromatic hydroxyl groups is 4. The zero-order chi connectivity index (χ0) is 20.3. The maximum Gasteiger partial charge on any atom is 0.257 e. The van der Waals surface area contributed by atoms with E-state index in [0.29, 0.717) is 5.13 Å². The average molecular weight is 400 g/mol. The number of anilines is 1. The van der Waals surface area contributed by atoms with Crippen LogP contribution < -0.4 is 5.32 Å². The molecule has 28 heavy (non-hydrogen) atoms. The van der Waals surface area contributed by atoms with Crippen molar-refractivity contribution in [2.24, 2.45) is 0 Å². The highest BCUT2D eigenvalue weighted by molar-refractivity contribution is 7.16. The lowest BCUT2D eigenvalue weighted by atomic mass is 10.1. The Bertz CT molecular complexity index is 975. The van der Waals surface area contributed by atoms with Gasteiger partial charge in [-0.3, -0.25) is 10.1 Å². The van der Waals surface area contributed by atoms with Crippen LogP contribution >= 0.6 is 11.3 Å². The van der Waals surface area contributed by atoms with Crippen molar-refractivity contribution in [2.45, 2.75) is 26.2 Å². The second-order valence-corrected chi connectivity index (χ2v) is 7.34. The zero-order valence-electron chi connectivity index (χ0n) is 15.1. The molecule has 0 bridgehead atoms. The van der Waals surface area contributed by atoms with E-state index in [2.05, 4.69) is 17.2 Å². The van der Waals surface area contributed by atoms with E-state index in [0.717, 1.165) is 47.5 Å². The molecule has 0 atom stereocenters. The highest BCUT2D eigenvalue weighted by Gasteiger charge is 2.18. The third kappa shape index (κ3) is 4.17. The van der Waals surface area contributed by atoms with E-state index >= 15 is 0 Å². The Morgan fingerprint density at radius 1 is 1.07 bits per heavy atom. The molecule has 0 saturated carbocycles. The number of benzene rings is 2. The van der Waals surface area contributed by atoms with Crippen molar-refractivity contribution in [3.63, 3.8) is 0 Å². The molecule has 0 fully saturated rings. The number of carbonyl (C=O) groups is 1. The molecule has 0 saturated heterocycles. The van der Waals surface area contributed by atoms with E-state index in [1.807, 2.05) is 0 Å². The highest BCUT2D eigenvalue weighted by Crippen LogP contribution is 2.36. The normalized spacial score (nSPS) is 10.8. The van der Waals surface area contributed by atoms with Gasteiger partial charge in [0.1, 0.15) is 5.75 Å². The van der Waals surface area contributed by atoms with E-state index in [9.17, 15) is 25.2 Å². The lowest BCUT2D eigenvalue weighted by Gasteiger charge is -2.05. The van der Waals surface area contributed by atoms with Gasteiger partial charge in [-0.2, -0.15) is 0 Å². The average Bonchev–Trinajstić information content (AvgIpc) is 3.07. The number of carbonyl (C=O) groups excluding carboxylic acids is 1. The molecule has 3 rings (SSSR count). The molecule has 0 aliphatic heterocycles. The summed E-state index contributed by atoms with van der Waals surface area (Å²) in [5, 5.41) is 41.1. The molecular formula is C20H20N2O5S. The minimum absolute atomic E-state index is 0.00992. The first-order valence-corrected chi connectivity index (χ1v) is 9.56. The summed E-state index contributed by atoms with van der Waals surface area (Å²) in [6.45, 7) is 2.09. The first-order chi connectivity index (χ1) is 13.4. The maximum atomic E-state index is 12.5. The number of thiazole rings is 1. The molecule has 146 valence electrons. The summed E-state index contributed by atoms with van der Waals surface area (Å²) >= 11 is 1.35. The molecule has 2 aromatic carbocycles. The minimum Gasteiger partial charge on any atom is -0.508 e. The number of nitrogens with one attached hydrogen (secondary N) is 1. The van der Waals surface area contributed by atoms with Gasteiger partial charge in [-0.1, -0.05) is 13.3 Å². The predicted octanol–water partition coefficient (Wildman–Crippen LogP) is 4.23. The van der Waals surface area contributed by atoms with Gasteiger partial charge in [0.2, 0.25) is 0 Å². The molecule has 1 amide bonds. The van der Waals surface area contributed by atoms with Crippen molar-refractivity contribution in [2.75, 3.05) is 5.32 Å². The Balaban J connectivity index is 1.89. The molecule has 1 aromatic heterocycles. The van der Waals surface area contributed by atoms with Crippen molar-refractivity contribution in [1.82, 2.24) is 4.98 Å². The van der Waals surface area contributed by atoms with Crippen LogP contribution in [-0.2, 0) is 6.42 Å². The summed E-state index contributed by atoms with van der Waals surface area (Å²) in [5.74, 6) is -2.26. The molecule has 5 N–H and O–H groups in total. The molecule has 3 aromatic rings. The van der Waals surface area contributed by atoms with Crippen molar-refractivity contribution >= 4 is 22.4 Å². The smallest absolute Gasteiger partial charge is 0.257 e. The van der Waals surface area contributed by atoms with Gasteiger partial charge >= 0.3 is 0 Å². The van der Waals surface area contributed by atoms with Gasteiger partial charge in [0.05, 0.1) is 5.69 Å². The summed E-state index contributed by atoms with van der Waals surface area (Å²) < 4.78 is 0. The molecule has 0 aliphatic rings. The lowest BCUT2D eigenvalue weighted by molar-refractivity contribution is 0.102. The monoisotopic (exact) mass is 400 g/mol. The number of aryl methyl sites for hydroxylation is 1. The number of rotatable bonds is 6. The first-order valence-electron chi connectivity index (χ1n) is 8.74. The number of aromatic nitrogens is 1. The number of hydrogen-bond acceptors (Lipinski definition) is 7. The van der Waals surface area contributed by atoms with Gasteiger partial charge < -0.3 is 20.4 Å². The van der Waals surface area contributed by atoms with Crippen LogP contribution in [-0.4, -0.2) is 31.3 Å². The maximum absolute atomic E-state index is 12.5. The van der Waals surface area contributed by atoms with Gasteiger partial charge in [-0.15, -0.1) is 11.3 Å². The second kappa shape index (κ2) is 8.18. The van der Waals surface area contributed by atoms with Gasteiger partial charge in [-0.05, 0) is 49.2 Å². The summed E-state index contributed by atoms with van der Waals surface area (Å²) in [5.41, 5.74) is 1.56. The third-order valence-electron chi connectivity index (χ3n) is 4.15. The Morgan fingerprint density at radius 2 is 1.71 bits per heavy atom. The van der Waals surface area contributed by atoms with E-state index in [-0.39, 0.29) is 11.3 Å². The van der Waals surface area contributed by atoms with Gasteiger partial charge in [-0.25, -0.2) is 4.98 Å². The lowest BCUT2D eigenvalue weighted by Crippen LogP contribution is -2.11. The van der Waals surface area contributed by atoms with Crippen LogP contribution in [0.15, 0.2) is 36.4 Å². The number of phenolic OH excluding ortho intramolecular Hbond substituents is 4. The van der Waals surface area contributed by atoms with Gasteiger partial charge in [0.15, 0.2) is 22.4 Å². The minimum atomic E-state index is -0.678. The fourth-order valence-corrected chi connectivity index (χ4v) is 3.68. The molecule has 1 heterocycles.